The molecule has 1 saturated heterocycles. The van der Waals surface area contributed by atoms with Crippen molar-refractivity contribution in [3.8, 4) is 0 Å². The van der Waals surface area contributed by atoms with E-state index >= 15 is 0 Å². The van der Waals surface area contributed by atoms with E-state index in [1.54, 1.807) is 6.20 Å². The molecule has 0 saturated carbocycles. The topological polar surface area (TPSA) is 75.2 Å². The number of anilines is 5. The summed E-state index contributed by atoms with van der Waals surface area (Å²) in [5, 5.41) is 15.4. The number of nitrogens with one attached hydrogen (secondary N) is 2. The number of benzene rings is 2. The van der Waals surface area contributed by atoms with Crippen LogP contribution in [0.2, 0.25) is 5.02 Å². The van der Waals surface area contributed by atoms with Crippen LogP contribution in [0.3, 0.4) is 0 Å². The minimum atomic E-state index is 0.420. The van der Waals surface area contributed by atoms with Crippen molar-refractivity contribution in [3.63, 3.8) is 0 Å². The smallest absolute Gasteiger partial charge is 0.249 e. The Balaban J connectivity index is 1.53. The van der Waals surface area contributed by atoms with Crippen molar-refractivity contribution < 1.29 is 4.74 Å². The molecule has 4 rings (SSSR count). The summed E-state index contributed by atoms with van der Waals surface area (Å²) in [6.45, 7) is 5.13. The summed E-state index contributed by atoms with van der Waals surface area (Å²) in [5.74, 6) is 1.00. The Kier molecular flexibility index (Phi) is 5.55. The van der Waals surface area contributed by atoms with Crippen molar-refractivity contribution in [3.05, 3.63) is 59.2 Å². The van der Waals surface area contributed by atoms with Gasteiger partial charge in [-0.3, -0.25) is 0 Å². The number of nitrogens with zero attached hydrogens (tertiary/aromatic N) is 4. The van der Waals surface area contributed by atoms with Crippen LogP contribution in [0.5, 0.6) is 0 Å². The van der Waals surface area contributed by atoms with Gasteiger partial charge in [0.2, 0.25) is 5.95 Å². The van der Waals surface area contributed by atoms with Gasteiger partial charge in [-0.25, -0.2) is 0 Å². The van der Waals surface area contributed by atoms with Gasteiger partial charge in [-0.1, -0.05) is 29.8 Å². The molecule has 2 N–H and O–H groups in total. The lowest BCUT2D eigenvalue weighted by Gasteiger charge is -2.30. The highest BCUT2D eigenvalue weighted by molar-refractivity contribution is 6.31. The van der Waals surface area contributed by atoms with E-state index in [9.17, 15) is 0 Å². The van der Waals surface area contributed by atoms with Crippen molar-refractivity contribution in [2.75, 3.05) is 41.8 Å². The van der Waals surface area contributed by atoms with E-state index in [0.29, 0.717) is 16.8 Å². The second kappa shape index (κ2) is 8.41. The van der Waals surface area contributed by atoms with Crippen molar-refractivity contribution in [2.45, 2.75) is 6.92 Å². The van der Waals surface area contributed by atoms with Gasteiger partial charge < -0.3 is 20.3 Å². The minimum Gasteiger partial charge on any atom is -0.378 e. The Morgan fingerprint density at radius 1 is 1.07 bits per heavy atom. The fraction of sp³-hybridized carbons (Fsp3) is 0.250. The third-order valence-corrected chi connectivity index (χ3v) is 4.91. The molecule has 0 unspecified atom stereocenters. The van der Waals surface area contributed by atoms with E-state index in [1.807, 2.05) is 43.3 Å². The SMILES string of the molecule is Cc1ccc(Nc2cnnc(Nc3ccccc3N3CCOCC3)n2)cc1Cl. The molecule has 2 aromatic carbocycles. The van der Waals surface area contributed by atoms with Gasteiger partial charge in [0.05, 0.1) is 30.8 Å². The Bertz CT molecular complexity index is 961. The van der Waals surface area contributed by atoms with Crippen molar-refractivity contribution in [2.24, 2.45) is 0 Å². The van der Waals surface area contributed by atoms with Crippen LogP contribution in [0.4, 0.5) is 28.8 Å². The Morgan fingerprint density at radius 2 is 1.89 bits per heavy atom. The van der Waals surface area contributed by atoms with Crippen LogP contribution in [-0.4, -0.2) is 41.5 Å². The second-order valence-corrected chi connectivity index (χ2v) is 6.90. The molecule has 3 aromatic rings. The van der Waals surface area contributed by atoms with E-state index in [-0.39, 0.29) is 0 Å². The number of ether oxygens (including phenoxy) is 1. The van der Waals surface area contributed by atoms with E-state index in [0.717, 1.165) is 48.9 Å². The number of para-hydroxylation sites is 2. The molecule has 0 spiro atoms. The number of aryl methyl sites for hydroxylation is 1. The maximum atomic E-state index is 6.20. The molecule has 0 atom stereocenters. The van der Waals surface area contributed by atoms with E-state index in [2.05, 4.69) is 36.8 Å². The molecule has 1 aliphatic heterocycles. The average molecular weight is 397 g/mol. The van der Waals surface area contributed by atoms with Crippen LogP contribution in [0.15, 0.2) is 48.7 Å². The van der Waals surface area contributed by atoms with Crippen molar-refractivity contribution in [1.82, 2.24) is 15.2 Å². The average Bonchev–Trinajstić information content (AvgIpc) is 2.72. The lowest BCUT2D eigenvalue weighted by atomic mass is 10.2. The number of hydrogen-bond acceptors (Lipinski definition) is 7. The van der Waals surface area contributed by atoms with Gasteiger partial charge in [0.25, 0.3) is 0 Å². The Labute approximate surface area is 168 Å². The van der Waals surface area contributed by atoms with E-state index < -0.39 is 0 Å². The largest absolute Gasteiger partial charge is 0.378 e. The van der Waals surface area contributed by atoms with E-state index in [1.165, 1.54) is 0 Å². The van der Waals surface area contributed by atoms with Crippen molar-refractivity contribution in [1.29, 1.82) is 0 Å². The van der Waals surface area contributed by atoms with Crippen molar-refractivity contribution >= 4 is 40.4 Å². The fourth-order valence-corrected chi connectivity index (χ4v) is 3.20. The van der Waals surface area contributed by atoms with Gasteiger partial charge in [0, 0.05) is 23.8 Å². The highest BCUT2D eigenvalue weighted by atomic mass is 35.5. The maximum absolute atomic E-state index is 6.20. The zero-order valence-corrected chi connectivity index (χ0v) is 16.3. The first-order chi connectivity index (χ1) is 13.7. The highest BCUT2D eigenvalue weighted by Gasteiger charge is 2.15. The minimum absolute atomic E-state index is 0.420. The zero-order valence-electron chi connectivity index (χ0n) is 15.5. The lowest BCUT2D eigenvalue weighted by Crippen LogP contribution is -2.36. The first-order valence-electron chi connectivity index (χ1n) is 9.11. The molecule has 0 aliphatic carbocycles. The van der Waals surface area contributed by atoms with Crippen LogP contribution >= 0.6 is 11.6 Å². The maximum Gasteiger partial charge on any atom is 0.249 e. The lowest BCUT2D eigenvalue weighted by molar-refractivity contribution is 0.123. The number of hydrogen-bond donors (Lipinski definition) is 2. The summed E-state index contributed by atoms with van der Waals surface area (Å²) in [6, 6.07) is 13.9. The highest BCUT2D eigenvalue weighted by Crippen LogP contribution is 2.28. The van der Waals surface area contributed by atoms with Gasteiger partial charge in [0.15, 0.2) is 5.82 Å². The van der Waals surface area contributed by atoms with Crippen LogP contribution in [0.25, 0.3) is 0 Å². The van der Waals surface area contributed by atoms with Crippen LogP contribution in [0.1, 0.15) is 5.56 Å². The Hall–Kier alpha value is -2.90. The number of halogens is 1. The first kappa shape index (κ1) is 18.5. The summed E-state index contributed by atoms with van der Waals surface area (Å²) >= 11 is 6.20. The van der Waals surface area contributed by atoms with Gasteiger partial charge in [-0.15, -0.1) is 5.10 Å². The molecule has 144 valence electrons. The number of rotatable bonds is 5. The molecule has 2 heterocycles. The van der Waals surface area contributed by atoms with E-state index in [4.69, 9.17) is 16.3 Å². The monoisotopic (exact) mass is 396 g/mol. The zero-order chi connectivity index (χ0) is 19.3. The fourth-order valence-electron chi connectivity index (χ4n) is 3.02. The number of morpholine rings is 1. The van der Waals surface area contributed by atoms with Gasteiger partial charge in [-0.2, -0.15) is 10.1 Å². The molecule has 0 radical (unpaired) electrons. The molecular formula is C20H21ClN6O. The molecule has 1 fully saturated rings. The van der Waals surface area contributed by atoms with Crippen LogP contribution in [-0.2, 0) is 4.74 Å². The third-order valence-electron chi connectivity index (χ3n) is 4.51. The summed E-state index contributed by atoms with van der Waals surface area (Å²) < 4.78 is 5.45. The summed E-state index contributed by atoms with van der Waals surface area (Å²) in [5.41, 5.74) is 3.89. The summed E-state index contributed by atoms with van der Waals surface area (Å²) in [6.07, 6.45) is 1.58. The molecule has 0 bridgehead atoms. The van der Waals surface area contributed by atoms with Gasteiger partial charge in [0.1, 0.15) is 0 Å². The summed E-state index contributed by atoms with van der Waals surface area (Å²) in [7, 11) is 0. The first-order valence-corrected chi connectivity index (χ1v) is 9.48. The predicted octanol–water partition coefficient (Wildman–Crippen LogP) is 4.16. The molecule has 28 heavy (non-hydrogen) atoms. The molecular weight excluding hydrogens is 376 g/mol. The number of aromatic nitrogens is 3. The van der Waals surface area contributed by atoms with Crippen LogP contribution < -0.4 is 15.5 Å². The molecule has 7 nitrogen and oxygen atoms in total. The molecule has 0 amide bonds. The van der Waals surface area contributed by atoms with Crippen LogP contribution in [0, 0.1) is 6.92 Å². The standard InChI is InChI=1S/C20H21ClN6O/c1-14-6-7-15(12-16(14)21)23-19-13-22-26-20(25-19)24-17-4-2-3-5-18(17)27-8-10-28-11-9-27/h2-7,12-13H,8-11H2,1H3,(H2,23,24,25,26). The molecule has 1 aromatic heterocycles. The molecule has 8 heteroatoms. The molecule has 1 aliphatic rings. The summed E-state index contributed by atoms with van der Waals surface area (Å²) in [4.78, 5) is 6.81. The Morgan fingerprint density at radius 3 is 2.71 bits per heavy atom. The normalized spacial score (nSPS) is 14.0. The quantitative estimate of drug-likeness (QED) is 0.670. The predicted molar refractivity (Wildman–Crippen MR) is 112 cm³/mol. The second-order valence-electron chi connectivity index (χ2n) is 6.50. The van der Waals surface area contributed by atoms with Gasteiger partial charge in [-0.05, 0) is 36.8 Å². The third kappa shape index (κ3) is 4.32. The van der Waals surface area contributed by atoms with Gasteiger partial charge >= 0.3 is 0 Å².